The van der Waals surface area contributed by atoms with Crippen LogP contribution in [0.1, 0.15) is 55.2 Å². The van der Waals surface area contributed by atoms with Gasteiger partial charge in [-0.3, -0.25) is 4.90 Å². The topological polar surface area (TPSA) is 107 Å². The van der Waals surface area contributed by atoms with Gasteiger partial charge in [0.25, 0.3) is 5.95 Å². The van der Waals surface area contributed by atoms with E-state index in [2.05, 4.69) is 25.3 Å². The molecule has 9 nitrogen and oxygen atoms in total. The largest absolute Gasteiger partial charge is 0.492 e. The molecule has 0 amide bonds. The Labute approximate surface area is 187 Å². The SMILES string of the molecule is Nc1nc(Nc2ccc(OCCN3CCCC3)cc2)nn1-c1ncc2c(n1)C1CCC2C1. The summed E-state index contributed by atoms with van der Waals surface area (Å²) >= 11 is 0. The Morgan fingerprint density at radius 3 is 2.72 bits per heavy atom. The summed E-state index contributed by atoms with van der Waals surface area (Å²) < 4.78 is 7.37. The van der Waals surface area contributed by atoms with Gasteiger partial charge in [-0.25, -0.2) is 9.97 Å². The Kier molecular flexibility index (Phi) is 4.90. The van der Waals surface area contributed by atoms with Crippen molar-refractivity contribution in [2.24, 2.45) is 0 Å². The minimum Gasteiger partial charge on any atom is -0.492 e. The van der Waals surface area contributed by atoms with E-state index in [1.165, 1.54) is 55.4 Å². The summed E-state index contributed by atoms with van der Waals surface area (Å²) in [7, 11) is 0. The van der Waals surface area contributed by atoms with Gasteiger partial charge in [-0.15, -0.1) is 5.10 Å². The molecule has 2 atom stereocenters. The van der Waals surface area contributed by atoms with Crippen LogP contribution >= 0.6 is 0 Å². The number of hydrogen-bond donors (Lipinski definition) is 2. The molecule has 0 radical (unpaired) electrons. The molecule has 1 aromatic carbocycles. The van der Waals surface area contributed by atoms with Crippen molar-refractivity contribution in [3.63, 3.8) is 0 Å². The first kappa shape index (κ1) is 19.5. The van der Waals surface area contributed by atoms with Crippen molar-refractivity contribution in [3.8, 4) is 11.7 Å². The third-order valence-corrected chi connectivity index (χ3v) is 6.90. The van der Waals surface area contributed by atoms with Crippen LogP contribution in [0.2, 0.25) is 0 Å². The molecule has 3 heterocycles. The van der Waals surface area contributed by atoms with Crippen LogP contribution in [0.15, 0.2) is 30.5 Å². The first-order chi connectivity index (χ1) is 15.7. The predicted molar refractivity (Wildman–Crippen MR) is 122 cm³/mol. The van der Waals surface area contributed by atoms with Crippen LogP contribution in [0, 0.1) is 0 Å². The highest BCUT2D eigenvalue weighted by Gasteiger charge is 2.38. The maximum atomic E-state index is 6.12. The van der Waals surface area contributed by atoms with Gasteiger partial charge in [0.2, 0.25) is 11.9 Å². The highest BCUT2D eigenvalue weighted by atomic mass is 16.5. The molecule has 166 valence electrons. The maximum Gasteiger partial charge on any atom is 0.254 e. The smallest absolute Gasteiger partial charge is 0.254 e. The Morgan fingerprint density at radius 1 is 1.06 bits per heavy atom. The summed E-state index contributed by atoms with van der Waals surface area (Å²) in [6, 6.07) is 7.80. The average molecular weight is 433 g/mol. The number of fused-ring (bicyclic) bond motifs is 5. The average Bonchev–Trinajstić information content (AvgIpc) is 3.60. The summed E-state index contributed by atoms with van der Waals surface area (Å²) in [6.45, 7) is 4.06. The minimum absolute atomic E-state index is 0.262. The molecule has 2 aromatic heterocycles. The lowest BCUT2D eigenvalue weighted by Crippen LogP contribution is -2.25. The molecule has 2 fully saturated rings. The van der Waals surface area contributed by atoms with Crippen LogP contribution < -0.4 is 15.8 Å². The Balaban J connectivity index is 1.11. The molecular formula is C23H28N8O. The zero-order chi connectivity index (χ0) is 21.5. The Bertz CT molecular complexity index is 1110. The van der Waals surface area contributed by atoms with Gasteiger partial charge in [-0.05, 0) is 80.9 Å². The van der Waals surface area contributed by atoms with E-state index in [0.29, 0.717) is 30.3 Å². The van der Waals surface area contributed by atoms with Gasteiger partial charge in [-0.1, -0.05) is 0 Å². The van der Waals surface area contributed by atoms with Gasteiger partial charge in [0.05, 0.1) is 5.69 Å². The summed E-state index contributed by atoms with van der Waals surface area (Å²) in [5.74, 6) is 3.19. The number of ether oxygens (including phenoxy) is 1. The first-order valence-corrected chi connectivity index (χ1v) is 11.5. The van der Waals surface area contributed by atoms with Gasteiger partial charge in [-0.2, -0.15) is 9.67 Å². The van der Waals surface area contributed by atoms with E-state index < -0.39 is 0 Å². The highest BCUT2D eigenvalue weighted by Crippen LogP contribution is 2.51. The third kappa shape index (κ3) is 3.66. The molecule has 9 heteroatoms. The number of rotatable bonds is 7. The predicted octanol–water partition coefficient (Wildman–Crippen LogP) is 3.22. The van der Waals surface area contributed by atoms with Crippen molar-refractivity contribution in [2.75, 3.05) is 37.3 Å². The molecule has 0 spiro atoms. The normalized spacial score (nSPS) is 21.8. The fourth-order valence-electron chi connectivity index (χ4n) is 5.24. The summed E-state index contributed by atoms with van der Waals surface area (Å²) in [6.07, 6.45) is 8.21. The van der Waals surface area contributed by atoms with Gasteiger partial charge < -0.3 is 15.8 Å². The number of hydrogen-bond acceptors (Lipinski definition) is 8. The van der Waals surface area contributed by atoms with Crippen molar-refractivity contribution < 1.29 is 4.74 Å². The molecule has 2 bridgehead atoms. The van der Waals surface area contributed by atoms with Gasteiger partial charge in [0.1, 0.15) is 12.4 Å². The second kappa shape index (κ2) is 8.05. The molecule has 2 aliphatic carbocycles. The number of nitrogens with one attached hydrogen (secondary N) is 1. The zero-order valence-electron chi connectivity index (χ0n) is 18.1. The van der Waals surface area contributed by atoms with E-state index in [4.69, 9.17) is 15.5 Å². The quantitative estimate of drug-likeness (QED) is 0.586. The maximum absolute atomic E-state index is 6.12. The Morgan fingerprint density at radius 2 is 1.88 bits per heavy atom. The molecule has 3 aromatic rings. The molecule has 1 saturated heterocycles. The number of aromatic nitrogens is 5. The molecule has 3 aliphatic rings. The first-order valence-electron chi connectivity index (χ1n) is 11.5. The monoisotopic (exact) mass is 432 g/mol. The molecule has 6 rings (SSSR count). The van der Waals surface area contributed by atoms with Crippen LogP contribution in [-0.4, -0.2) is 55.9 Å². The molecule has 32 heavy (non-hydrogen) atoms. The number of nitrogens with two attached hydrogens (primary N) is 1. The van der Waals surface area contributed by atoms with E-state index in [1.54, 1.807) is 0 Å². The van der Waals surface area contributed by atoms with Gasteiger partial charge >= 0.3 is 0 Å². The third-order valence-electron chi connectivity index (χ3n) is 6.90. The lowest BCUT2D eigenvalue weighted by Gasteiger charge is -2.15. The van der Waals surface area contributed by atoms with E-state index in [-0.39, 0.29) is 5.95 Å². The lowest BCUT2D eigenvalue weighted by atomic mass is 9.98. The summed E-state index contributed by atoms with van der Waals surface area (Å²) in [5, 5.41) is 7.69. The van der Waals surface area contributed by atoms with Crippen molar-refractivity contribution >= 4 is 17.6 Å². The second-order valence-corrected chi connectivity index (χ2v) is 8.97. The van der Waals surface area contributed by atoms with E-state index in [1.807, 2.05) is 30.5 Å². The number of anilines is 3. The van der Waals surface area contributed by atoms with E-state index in [0.717, 1.165) is 23.7 Å². The van der Waals surface area contributed by atoms with E-state index >= 15 is 0 Å². The second-order valence-electron chi connectivity index (χ2n) is 8.97. The number of benzene rings is 1. The zero-order valence-corrected chi connectivity index (χ0v) is 18.1. The van der Waals surface area contributed by atoms with Crippen molar-refractivity contribution in [2.45, 2.75) is 43.9 Å². The molecular weight excluding hydrogens is 404 g/mol. The lowest BCUT2D eigenvalue weighted by molar-refractivity contribution is 0.238. The highest BCUT2D eigenvalue weighted by molar-refractivity contribution is 5.55. The number of likely N-dealkylation sites (tertiary alicyclic amines) is 1. The summed E-state index contributed by atoms with van der Waals surface area (Å²) in [4.78, 5) is 16.1. The molecule has 1 aliphatic heterocycles. The van der Waals surface area contributed by atoms with Gasteiger partial charge in [0.15, 0.2) is 0 Å². The van der Waals surface area contributed by atoms with Gasteiger partial charge in [0, 0.05) is 24.3 Å². The molecule has 2 unspecified atom stereocenters. The fraction of sp³-hybridized carbons (Fsp3) is 0.478. The van der Waals surface area contributed by atoms with E-state index in [9.17, 15) is 0 Å². The van der Waals surface area contributed by atoms with Crippen molar-refractivity contribution in [3.05, 3.63) is 41.7 Å². The van der Waals surface area contributed by atoms with Crippen LogP contribution in [0.25, 0.3) is 5.95 Å². The van der Waals surface area contributed by atoms with Crippen LogP contribution in [0.5, 0.6) is 5.75 Å². The standard InChI is InChI=1S/C23H28N8O/c24-21-28-22(26-17-5-7-18(8-6-17)32-12-11-30-9-1-2-10-30)29-31(21)23-25-14-19-15-3-4-16(13-15)20(19)27-23/h5-8,14-16H,1-4,9-13H2,(H3,24,26,28,29). The van der Waals surface area contributed by atoms with Crippen molar-refractivity contribution in [1.29, 1.82) is 0 Å². The molecule has 1 saturated carbocycles. The van der Waals surface area contributed by atoms with Crippen LogP contribution in [0.4, 0.5) is 17.6 Å². The van der Waals surface area contributed by atoms with Crippen LogP contribution in [0.3, 0.4) is 0 Å². The number of nitrogen functional groups attached to an aromatic ring is 1. The Hall–Kier alpha value is -3.20. The molecule has 3 N–H and O–H groups in total. The van der Waals surface area contributed by atoms with Crippen molar-refractivity contribution in [1.82, 2.24) is 29.6 Å². The minimum atomic E-state index is 0.262. The van der Waals surface area contributed by atoms with Crippen LogP contribution in [-0.2, 0) is 0 Å². The number of nitrogens with zero attached hydrogens (tertiary/aromatic N) is 6. The fourth-order valence-corrected chi connectivity index (χ4v) is 5.24. The summed E-state index contributed by atoms with van der Waals surface area (Å²) in [5.41, 5.74) is 9.45.